The van der Waals surface area contributed by atoms with Crippen LogP contribution in [0.15, 0.2) is 0 Å². The van der Waals surface area contributed by atoms with Crippen molar-refractivity contribution in [2.45, 2.75) is 419 Å². The molecule has 6 nitrogen and oxygen atoms in total. The van der Waals surface area contributed by atoms with E-state index in [1.54, 1.807) is 0 Å². The lowest BCUT2D eigenvalue weighted by molar-refractivity contribution is -0.167. The van der Waals surface area contributed by atoms with Crippen LogP contribution in [0.2, 0.25) is 0 Å². The third-order valence-electron chi connectivity index (χ3n) is 16.4. The van der Waals surface area contributed by atoms with Crippen molar-refractivity contribution < 1.29 is 28.6 Å². The molecular formula is C70H136O6. The minimum atomic E-state index is -0.763. The van der Waals surface area contributed by atoms with Crippen LogP contribution >= 0.6 is 0 Å². The maximum atomic E-state index is 12.9. The Balaban J connectivity index is 4.19. The van der Waals surface area contributed by atoms with Gasteiger partial charge in [0.2, 0.25) is 0 Å². The zero-order valence-electron chi connectivity index (χ0n) is 52.1. The molecule has 0 rings (SSSR count). The van der Waals surface area contributed by atoms with Crippen molar-refractivity contribution in [2.75, 3.05) is 13.2 Å². The van der Waals surface area contributed by atoms with Crippen molar-refractivity contribution in [3.05, 3.63) is 0 Å². The van der Waals surface area contributed by atoms with E-state index in [1.807, 2.05) is 0 Å². The predicted molar refractivity (Wildman–Crippen MR) is 330 cm³/mol. The molecule has 0 fully saturated rings. The highest BCUT2D eigenvalue weighted by Crippen LogP contribution is 2.19. The van der Waals surface area contributed by atoms with Crippen LogP contribution in [0.3, 0.4) is 0 Å². The van der Waals surface area contributed by atoms with Crippen molar-refractivity contribution in [2.24, 2.45) is 0 Å². The van der Waals surface area contributed by atoms with E-state index in [0.29, 0.717) is 19.3 Å². The maximum Gasteiger partial charge on any atom is 0.306 e. The van der Waals surface area contributed by atoms with E-state index in [2.05, 4.69) is 20.8 Å². The molecule has 0 bridgehead atoms. The molecule has 0 aliphatic heterocycles. The molecule has 0 N–H and O–H groups in total. The summed E-state index contributed by atoms with van der Waals surface area (Å²) < 4.78 is 17.0. The molecule has 0 aromatic heterocycles. The number of rotatable bonds is 66. The Morgan fingerprint density at radius 1 is 0.211 bits per heavy atom. The fourth-order valence-corrected chi connectivity index (χ4v) is 11.1. The Morgan fingerprint density at radius 3 is 0.526 bits per heavy atom. The molecule has 452 valence electrons. The summed E-state index contributed by atoms with van der Waals surface area (Å²) in [5.74, 6) is -0.821. The maximum absolute atomic E-state index is 12.9. The van der Waals surface area contributed by atoms with Crippen LogP contribution in [0, 0.1) is 0 Å². The summed E-state index contributed by atoms with van der Waals surface area (Å²) in [6.07, 6.45) is 77.0. The van der Waals surface area contributed by atoms with Crippen LogP contribution in [0.4, 0.5) is 0 Å². The van der Waals surface area contributed by atoms with Crippen molar-refractivity contribution in [1.82, 2.24) is 0 Å². The van der Waals surface area contributed by atoms with Crippen molar-refractivity contribution in [3.63, 3.8) is 0 Å². The first-order valence-corrected chi connectivity index (χ1v) is 35.0. The van der Waals surface area contributed by atoms with Crippen molar-refractivity contribution >= 4 is 17.9 Å². The van der Waals surface area contributed by atoms with Crippen molar-refractivity contribution in [3.8, 4) is 0 Å². The summed E-state index contributed by atoms with van der Waals surface area (Å²) in [6.45, 7) is 6.74. The topological polar surface area (TPSA) is 78.9 Å². The summed E-state index contributed by atoms with van der Waals surface area (Å²) in [5, 5.41) is 0. The van der Waals surface area contributed by atoms with E-state index in [-0.39, 0.29) is 31.1 Å². The minimum absolute atomic E-state index is 0.0602. The van der Waals surface area contributed by atoms with Crippen molar-refractivity contribution in [1.29, 1.82) is 0 Å². The zero-order chi connectivity index (χ0) is 55.0. The highest BCUT2D eigenvalue weighted by molar-refractivity contribution is 5.71. The second kappa shape index (κ2) is 65.9. The van der Waals surface area contributed by atoms with Gasteiger partial charge in [0, 0.05) is 19.3 Å². The van der Waals surface area contributed by atoms with Gasteiger partial charge in [-0.1, -0.05) is 374 Å². The number of esters is 3. The van der Waals surface area contributed by atoms with Gasteiger partial charge in [0.1, 0.15) is 13.2 Å². The third kappa shape index (κ3) is 63.2. The molecule has 1 unspecified atom stereocenters. The molecule has 0 heterocycles. The molecule has 1 atom stereocenters. The molecule has 0 amide bonds. The Labute approximate surface area is 476 Å². The normalized spacial score (nSPS) is 11.9. The first-order chi connectivity index (χ1) is 37.5. The third-order valence-corrected chi connectivity index (χ3v) is 16.4. The molecule has 0 aromatic rings. The number of hydrogen-bond acceptors (Lipinski definition) is 6. The van der Waals surface area contributed by atoms with Gasteiger partial charge < -0.3 is 14.2 Å². The van der Waals surface area contributed by atoms with Crippen LogP contribution < -0.4 is 0 Å². The van der Waals surface area contributed by atoms with Gasteiger partial charge in [0.05, 0.1) is 0 Å². The summed E-state index contributed by atoms with van der Waals surface area (Å²) in [4.78, 5) is 38.4. The molecule has 0 saturated heterocycles. The predicted octanol–water partition coefficient (Wildman–Crippen LogP) is 23.8. The number of ether oxygens (including phenoxy) is 3. The lowest BCUT2D eigenvalue weighted by Gasteiger charge is -2.18. The Bertz CT molecular complexity index is 1140. The van der Waals surface area contributed by atoms with Gasteiger partial charge in [-0.3, -0.25) is 14.4 Å². The molecule has 0 aromatic carbocycles. The fourth-order valence-electron chi connectivity index (χ4n) is 11.1. The van der Waals surface area contributed by atoms with E-state index in [0.717, 1.165) is 57.8 Å². The average molecular weight is 1070 g/mol. The summed E-state index contributed by atoms with van der Waals surface area (Å²) in [6, 6.07) is 0. The largest absolute Gasteiger partial charge is 0.462 e. The Kier molecular flexibility index (Phi) is 64.5. The Hall–Kier alpha value is -1.59. The second-order valence-electron chi connectivity index (χ2n) is 24.2. The number of carbonyl (C=O) groups excluding carboxylic acids is 3. The van der Waals surface area contributed by atoms with Crippen LogP contribution in [-0.4, -0.2) is 37.2 Å². The average Bonchev–Trinajstić information content (AvgIpc) is 3.42. The summed E-state index contributed by atoms with van der Waals surface area (Å²) in [7, 11) is 0. The smallest absolute Gasteiger partial charge is 0.306 e. The van der Waals surface area contributed by atoms with Gasteiger partial charge in [-0.25, -0.2) is 0 Å². The quantitative estimate of drug-likeness (QED) is 0.0343. The zero-order valence-corrected chi connectivity index (χ0v) is 52.1. The molecule has 0 spiro atoms. The van der Waals surface area contributed by atoms with Crippen LogP contribution in [-0.2, 0) is 28.6 Å². The Morgan fingerprint density at radius 2 is 0.355 bits per heavy atom. The van der Waals surface area contributed by atoms with Gasteiger partial charge in [-0.2, -0.15) is 0 Å². The second-order valence-corrected chi connectivity index (χ2v) is 24.2. The fraction of sp³-hybridized carbons (Fsp3) is 0.957. The molecule has 76 heavy (non-hydrogen) atoms. The minimum Gasteiger partial charge on any atom is -0.462 e. The monoisotopic (exact) mass is 1070 g/mol. The first-order valence-electron chi connectivity index (χ1n) is 35.0. The molecule has 6 heteroatoms. The van der Waals surface area contributed by atoms with Crippen LogP contribution in [0.25, 0.3) is 0 Å². The van der Waals surface area contributed by atoms with Gasteiger partial charge in [-0.05, 0) is 19.3 Å². The van der Waals surface area contributed by atoms with Crippen LogP contribution in [0.5, 0.6) is 0 Å². The van der Waals surface area contributed by atoms with E-state index in [4.69, 9.17) is 14.2 Å². The standard InChI is InChI=1S/C70H136O6/c1-4-7-10-13-16-19-22-25-27-29-31-33-34-35-36-37-39-40-42-45-48-51-54-57-60-63-69(72)75-66-67(65-74-68(71)62-59-56-53-50-47-44-24-21-18-15-12-9-6-3)76-70(73)64-61-58-55-52-49-46-43-41-38-32-30-28-26-23-20-17-14-11-8-5-2/h67H,4-66H2,1-3H3. The number of unbranched alkanes of at least 4 members (excludes halogenated alkanes) is 55. The summed E-state index contributed by atoms with van der Waals surface area (Å²) >= 11 is 0. The highest BCUT2D eigenvalue weighted by atomic mass is 16.6. The van der Waals surface area contributed by atoms with Crippen LogP contribution in [0.1, 0.15) is 412 Å². The van der Waals surface area contributed by atoms with Gasteiger partial charge in [0.25, 0.3) is 0 Å². The number of carbonyl (C=O) groups is 3. The number of hydrogen-bond donors (Lipinski definition) is 0. The van der Waals surface area contributed by atoms with E-state index >= 15 is 0 Å². The molecular weight excluding hydrogens is 937 g/mol. The highest BCUT2D eigenvalue weighted by Gasteiger charge is 2.19. The summed E-state index contributed by atoms with van der Waals surface area (Å²) in [5.41, 5.74) is 0. The SMILES string of the molecule is CCCCCCCCCCCCCCCCCCCCCCCCCCCC(=O)OCC(COC(=O)CCCCCCCCCCCCCCC)OC(=O)CCCCCCCCCCCCCCCCCCCCCC. The van der Waals surface area contributed by atoms with Gasteiger partial charge in [-0.15, -0.1) is 0 Å². The van der Waals surface area contributed by atoms with Gasteiger partial charge in [0.15, 0.2) is 6.10 Å². The molecule has 0 saturated carbocycles. The van der Waals surface area contributed by atoms with E-state index in [1.165, 1.54) is 315 Å². The molecule has 0 radical (unpaired) electrons. The van der Waals surface area contributed by atoms with E-state index < -0.39 is 6.10 Å². The molecule has 0 aliphatic carbocycles. The van der Waals surface area contributed by atoms with Gasteiger partial charge >= 0.3 is 17.9 Å². The lowest BCUT2D eigenvalue weighted by atomic mass is 10.0. The van der Waals surface area contributed by atoms with E-state index in [9.17, 15) is 14.4 Å². The molecule has 0 aliphatic rings. The first kappa shape index (κ1) is 74.4. The lowest BCUT2D eigenvalue weighted by Crippen LogP contribution is -2.30.